The lowest BCUT2D eigenvalue weighted by molar-refractivity contribution is 0.105. The lowest BCUT2D eigenvalue weighted by atomic mass is 9.83. The molecule has 2 atom stereocenters. The molecule has 1 aromatic carbocycles. The Morgan fingerprint density at radius 3 is 2.71 bits per heavy atom. The van der Waals surface area contributed by atoms with E-state index in [1.165, 1.54) is 36.8 Å². The van der Waals surface area contributed by atoms with Crippen molar-refractivity contribution in [1.29, 1.82) is 0 Å². The van der Waals surface area contributed by atoms with Crippen molar-refractivity contribution in [1.82, 2.24) is 4.90 Å². The Morgan fingerprint density at radius 1 is 1.24 bits per heavy atom. The molecule has 0 radical (unpaired) electrons. The fraction of sp³-hybridized carbons (Fsp3) is 0.667. The molecule has 1 aromatic rings. The smallest absolute Gasteiger partial charge is 0.0713 e. The number of nitrogens with two attached hydrogens (primary N) is 1. The molecule has 0 heterocycles. The molecule has 3 nitrogen and oxygen atoms in total. The molecule has 1 aliphatic rings. The summed E-state index contributed by atoms with van der Waals surface area (Å²) in [4.78, 5) is 2.61. The normalized spacial score (nSPS) is 22.7. The highest BCUT2D eigenvalue weighted by Crippen LogP contribution is 2.28. The number of nitrogens with zero attached hydrogens (tertiary/aromatic N) is 1. The minimum Gasteiger partial charge on any atom is -0.380 e. The van der Waals surface area contributed by atoms with Gasteiger partial charge in [-0.1, -0.05) is 44.0 Å². The topological polar surface area (TPSA) is 38.5 Å². The van der Waals surface area contributed by atoms with Gasteiger partial charge >= 0.3 is 0 Å². The first-order valence-electron chi connectivity index (χ1n) is 8.29. The van der Waals surface area contributed by atoms with Gasteiger partial charge in [0.2, 0.25) is 0 Å². The quantitative estimate of drug-likeness (QED) is 0.838. The van der Waals surface area contributed by atoms with E-state index in [1.54, 1.807) is 7.11 Å². The summed E-state index contributed by atoms with van der Waals surface area (Å²) in [6.45, 7) is 5.89. The molecule has 2 unspecified atom stereocenters. The predicted octanol–water partition coefficient (Wildman–Crippen LogP) is 3.17. The fourth-order valence-electron chi connectivity index (χ4n) is 3.63. The van der Waals surface area contributed by atoms with Gasteiger partial charge in [-0.25, -0.2) is 0 Å². The van der Waals surface area contributed by atoms with Crippen molar-refractivity contribution >= 4 is 0 Å². The van der Waals surface area contributed by atoms with Gasteiger partial charge in [0.1, 0.15) is 0 Å². The Balaban J connectivity index is 2.05. The third kappa shape index (κ3) is 4.53. The lowest BCUT2D eigenvalue weighted by Gasteiger charge is -2.39. The molecule has 2 rings (SSSR count). The van der Waals surface area contributed by atoms with Gasteiger partial charge in [0, 0.05) is 19.7 Å². The van der Waals surface area contributed by atoms with Crippen LogP contribution in [0.5, 0.6) is 0 Å². The van der Waals surface area contributed by atoms with E-state index >= 15 is 0 Å². The molecule has 1 aliphatic carbocycles. The molecule has 0 spiro atoms. The molecule has 21 heavy (non-hydrogen) atoms. The fourth-order valence-corrected chi connectivity index (χ4v) is 3.63. The third-order valence-electron chi connectivity index (χ3n) is 4.73. The minimum atomic E-state index is 0.653. The lowest BCUT2D eigenvalue weighted by Crippen LogP contribution is -2.44. The number of benzene rings is 1. The van der Waals surface area contributed by atoms with E-state index in [1.807, 2.05) is 0 Å². The standard InChI is InChI=1S/C18H30N2O/c1-3-20(18-10-5-4-9-17(18)12-19)13-15-7-6-8-16(11-15)14-21-2/h6-8,11,17-18H,3-5,9-10,12-14,19H2,1-2H3. The summed E-state index contributed by atoms with van der Waals surface area (Å²) in [5, 5.41) is 0. The van der Waals surface area contributed by atoms with Crippen molar-refractivity contribution in [3.05, 3.63) is 35.4 Å². The molecular weight excluding hydrogens is 260 g/mol. The zero-order valence-corrected chi connectivity index (χ0v) is 13.6. The van der Waals surface area contributed by atoms with Gasteiger partial charge in [-0.15, -0.1) is 0 Å². The van der Waals surface area contributed by atoms with Gasteiger partial charge in [0.05, 0.1) is 6.61 Å². The SMILES string of the molecule is CCN(Cc1cccc(COC)c1)C1CCCCC1CN. The largest absolute Gasteiger partial charge is 0.380 e. The van der Waals surface area contributed by atoms with E-state index in [0.29, 0.717) is 18.6 Å². The van der Waals surface area contributed by atoms with Crippen molar-refractivity contribution in [2.45, 2.75) is 51.8 Å². The molecule has 3 heteroatoms. The summed E-state index contributed by atoms with van der Waals surface area (Å²) < 4.78 is 5.23. The minimum absolute atomic E-state index is 0.653. The average molecular weight is 290 g/mol. The Morgan fingerprint density at radius 2 is 2.00 bits per heavy atom. The second-order valence-corrected chi connectivity index (χ2v) is 6.16. The number of methoxy groups -OCH3 is 1. The molecule has 0 bridgehead atoms. The van der Waals surface area contributed by atoms with E-state index in [-0.39, 0.29) is 0 Å². The van der Waals surface area contributed by atoms with Gasteiger partial charge in [0.25, 0.3) is 0 Å². The molecule has 0 amide bonds. The number of ether oxygens (including phenoxy) is 1. The highest BCUT2D eigenvalue weighted by Gasteiger charge is 2.28. The van der Waals surface area contributed by atoms with E-state index in [2.05, 4.69) is 36.1 Å². The summed E-state index contributed by atoms with van der Waals surface area (Å²) in [5.74, 6) is 0.667. The first-order chi connectivity index (χ1) is 10.3. The maximum absolute atomic E-state index is 6.00. The van der Waals surface area contributed by atoms with Crippen LogP contribution < -0.4 is 5.73 Å². The number of hydrogen-bond donors (Lipinski definition) is 1. The molecule has 0 saturated heterocycles. The predicted molar refractivity (Wildman–Crippen MR) is 88.0 cm³/mol. The highest BCUT2D eigenvalue weighted by molar-refractivity contribution is 5.23. The summed E-state index contributed by atoms with van der Waals surface area (Å²) in [5.41, 5.74) is 8.64. The monoisotopic (exact) mass is 290 g/mol. The Hall–Kier alpha value is -0.900. The van der Waals surface area contributed by atoms with Gasteiger partial charge in [-0.3, -0.25) is 4.90 Å². The van der Waals surface area contributed by atoms with Crippen molar-refractivity contribution in [3.8, 4) is 0 Å². The zero-order valence-electron chi connectivity index (χ0n) is 13.6. The van der Waals surface area contributed by atoms with Gasteiger partial charge in [-0.05, 0) is 43.0 Å². The molecule has 1 fully saturated rings. The van der Waals surface area contributed by atoms with Crippen LogP contribution in [0.25, 0.3) is 0 Å². The van der Waals surface area contributed by atoms with Crippen LogP contribution in [0, 0.1) is 5.92 Å². The number of rotatable bonds is 7. The van der Waals surface area contributed by atoms with E-state index in [4.69, 9.17) is 10.5 Å². The second kappa shape index (κ2) is 8.52. The van der Waals surface area contributed by atoms with E-state index < -0.39 is 0 Å². The van der Waals surface area contributed by atoms with E-state index in [0.717, 1.165) is 19.6 Å². The molecule has 118 valence electrons. The van der Waals surface area contributed by atoms with Crippen LogP contribution in [0.2, 0.25) is 0 Å². The van der Waals surface area contributed by atoms with Crippen molar-refractivity contribution in [2.75, 3.05) is 20.2 Å². The van der Waals surface area contributed by atoms with Crippen molar-refractivity contribution in [2.24, 2.45) is 11.7 Å². The Bertz CT molecular complexity index is 421. The molecule has 0 aromatic heterocycles. The van der Waals surface area contributed by atoms with Crippen LogP contribution in [-0.4, -0.2) is 31.1 Å². The second-order valence-electron chi connectivity index (χ2n) is 6.16. The zero-order chi connectivity index (χ0) is 15.1. The van der Waals surface area contributed by atoms with Crippen LogP contribution in [0.15, 0.2) is 24.3 Å². The maximum Gasteiger partial charge on any atom is 0.0713 e. The summed E-state index contributed by atoms with van der Waals surface area (Å²) in [6.07, 6.45) is 5.29. The summed E-state index contributed by atoms with van der Waals surface area (Å²) >= 11 is 0. The number of hydrogen-bond acceptors (Lipinski definition) is 3. The molecular formula is C18H30N2O. The molecule has 2 N–H and O–H groups in total. The van der Waals surface area contributed by atoms with Crippen LogP contribution in [0.1, 0.15) is 43.7 Å². The van der Waals surface area contributed by atoms with Gasteiger partial charge in [-0.2, -0.15) is 0 Å². The van der Waals surface area contributed by atoms with Crippen molar-refractivity contribution < 1.29 is 4.74 Å². The van der Waals surface area contributed by atoms with Crippen molar-refractivity contribution in [3.63, 3.8) is 0 Å². The molecule has 1 saturated carbocycles. The van der Waals surface area contributed by atoms with Gasteiger partial charge in [0.15, 0.2) is 0 Å². The Labute approximate surface area is 129 Å². The summed E-state index contributed by atoms with van der Waals surface area (Å²) in [7, 11) is 1.75. The van der Waals surface area contributed by atoms with Crippen LogP contribution >= 0.6 is 0 Å². The highest BCUT2D eigenvalue weighted by atomic mass is 16.5. The van der Waals surface area contributed by atoms with E-state index in [9.17, 15) is 0 Å². The molecule has 0 aliphatic heterocycles. The average Bonchev–Trinajstić information content (AvgIpc) is 2.53. The van der Waals surface area contributed by atoms with Crippen LogP contribution in [0.4, 0.5) is 0 Å². The third-order valence-corrected chi connectivity index (χ3v) is 4.73. The Kier molecular flexibility index (Phi) is 6.68. The first kappa shape index (κ1) is 16.5. The van der Waals surface area contributed by atoms with Gasteiger partial charge < -0.3 is 10.5 Å². The maximum atomic E-state index is 6.00. The summed E-state index contributed by atoms with van der Waals surface area (Å²) in [6, 6.07) is 9.42. The van der Waals surface area contributed by atoms with Crippen LogP contribution in [-0.2, 0) is 17.9 Å². The first-order valence-corrected chi connectivity index (χ1v) is 8.29. The van der Waals surface area contributed by atoms with Crippen LogP contribution in [0.3, 0.4) is 0 Å².